The molecule has 20 heavy (non-hydrogen) atoms. The topological polar surface area (TPSA) is 68.0 Å². The van der Waals surface area contributed by atoms with E-state index in [1.165, 1.54) is 11.3 Å². The van der Waals surface area contributed by atoms with Crippen molar-refractivity contribution in [1.82, 2.24) is 4.98 Å². The fourth-order valence-corrected chi connectivity index (χ4v) is 4.05. The Bertz CT molecular complexity index is 622. The molecule has 1 amide bonds. The van der Waals surface area contributed by atoms with Gasteiger partial charge in [-0.2, -0.15) is 0 Å². The van der Waals surface area contributed by atoms with Crippen molar-refractivity contribution in [3.05, 3.63) is 33.1 Å². The number of carbonyl (C=O) groups is 1. The molecule has 3 N–H and O–H groups in total. The zero-order valence-corrected chi connectivity index (χ0v) is 14.3. The number of carbonyl (C=O) groups excluding carboxylic acids is 1. The van der Waals surface area contributed by atoms with Crippen LogP contribution in [0.4, 0.5) is 11.5 Å². The molecule has 1 aromatic carbocycles. The largest absolute Gasteiger partial charge is 0.382 e. The number of benzene rings is 1. The van der Waals surface area contributed by atoms with E-state index in [0.29, 0.717) is 4.88 Å². The van der Waals surface area contributed by atoms with Gasteiger partial charge in [-0.3, -0.25) is 4.79 Å². The molecule has 0 bridgehead atoms. The first-order valence-corrected chi connectivity index (χ1v) is 8.58. The molecule has 0 saturated heterocycles. The van der Waals surface area contributed by atoms with E-state index in [1.807, 2.05) is 32.0 Å². The normalized spacial score (nSPS) is 10.6. The number of nitrogens with zero attached hydrogens (tertiary/aromatic N) is 1. The number of hydrogen-bond donors (Lipinski definition) is 2. The molecular formula is C13H14BrN3OS2. The van der Waals surface area contributed by atoms with Crippen LogP contribution in [-0.2, 0) is 0 Å². The third kappa shape index (κ3) is 3.34. The standard InChI is InChI=1S/C13H14BrN3OS2/c1-3-19-13-17-11(15)10(20-13)12(18)16-9-7(2)5-4-6-8(9)14/h4-6H,3,15H2,1-2H3,(H,16,18). The quantitative estimate of drug-likeness (QED) is 0.791. The average molecular weight is 372 g/mol. The number of amides is 1. The highest BCUT2D eigenvalue weighted by Gasteiger charge is 2.17. The number of rotatable bonds is 4. The number of aryl methyl sites for hydroxylation is 1. The van der Waals surface area contributed by atoms with E-state index < -0.39 is 0 Å². The van der Waals surface area contributed by atoms with Gasteiger partial charge in [0.2, 0.25) is 0 Å². The Morgan fingerprint density at radius 2 is 2.30 bits per heavy atom. The third-order valence-electron chi connectivity index (χ3n) is 2.57. The molecule has 0 aliphatic heterocycles. The lowest BCUT2D eigenvalue weighted by atomic mass is 10.2. The fraction of sp³-hybridized carbons (Fsp3) is 0.231. The third-order valence-corrected chi connectivity index (χ3v) is 5.32. The first-order chi connectivity index (χ1) is 9.52. The maximum atomic E-state index is 12.3. The number of halogens is 1. The summed E-state index contributed by atoms with van der Waals surface area (Å²) >= 11 is 6.34. The molecule has 106 valence electrons. The van der Waals surface area contributed by atoms with Gasteiger partial charge in [0.25, 0.3) is 5.91 Å². The van der Waals surface area contributed by atoms with Crippen LogP contribution in [0.3, 0.4) is 0 Å². The van der Waals surface area contributed by atoms with E-state index in [0.717, 1.165) is 25.8 Å². The second-order valence-corrected chi connectivity index (χ2v) is 7.38. The molecule has 0 atom stereocenters. The summed E-state index contributed by atoms with van der Waals surface area (Å²) in [5.74, 6) is 0.961. The Morgan fingerprint density at radius 1 is 1.55 bits per heavy atom. The van der Waals surface area contributed by atoms with E-state index in [-0.39, 0.29) is 11.7 Å². The number of anilines is 2. The number of nitrogen functional groups attached to an aromatic ring is 1. The molecule has 1 heterocycles. The summed E-state index contributed by atoms with van der Waals surface area (Å²) in [6.07, 6.45) is 0. The minimum absolute atomic E-state index is 0.224. The summed E-state index contributed by atoms with van der Waals surface area (Å²) in [4.78, 5) is 17.0. The molecule has 2 rings (SSSR count). The van der Waals surface area contributed by atoms with E-state index in [2.05, 4.69) is 26.2 Å². The SMILES string of the molecule is CCSc1nc(N)c(C(=O)Nc2c(C)cccc2Br)s1. The van der Waals surface area contributed by atoms with Crippen molar-refractivity contribution in [3.8, 4) is 0 Å². The summed E-state index contributed by atoms with van der Waals surface area (Å²) < 4.78 is 1.66. The van der Waals surface area contributed by atoms with Crippen LogP contribution in [0.25, 0.3) is 0 Å². The van der Waals surface area contributed by atoms with Crippen molar-refractivity contribution in [2.75, 3.05) is 16.8 Å². The van der Waals surface area contributed by atoms with Crippen LogP contribution in [0, 0.1) is 6.92 Å². The smallest absolute Gasteiger partial charge is 0.269 e. The number of aromatic nitrogens is 1. The van der Waals surface area contributed by atoms with Gasteiger partial charge in [-0.25, -0.2) is 4.98 Å². The fourth-order valence-electron chi connectivity index (χ4n) is 1.62. The summed E-state index contributed by atoms with van der Waals surface area (Å²) in [5.41, 5.74) is 7.56. The molecule has 2 aromatic rings. The van der Waals surface area contributed by atoms with Gasteiger partial charge < -0.3 is 11.1 Å². The minimum atomic E-state index is -0.224. The summed E-state index contributed by atoms with van der Waals surface area (Å²) in [6.45, 7) is 3.97. The van der Waals surface area contributed by atoms with Crippen molar-refractivity contribution in [2.45, 2.75) is 18.2 Å². The first-order valence-electron chi connectivity index (χ1n) is 5.98. The van der Waals surface area contributed by atoms with Gasteiger partial charge in [0, 0.05) is 4.47 Å². The molecule has 0 radical (unpaired) electrons. The number of nitrogens with one attached hydrogen (secondary N) is 1. The lowest BCUT2D eigenvalue weighted by Gasteiger charge is -2.09. The Labute approximate surface area is 134 Å². The number of thioether (sulfide) groups is 1. The molecule has 0 spiro atoms. The highest BCUT2D eigenvalue weighted by molar-refractivity contribution is 9.10. The summed E-state index contributed by atoms with van der Waals surface area (Å²) in [7, 11) is 0. The van der Waals surface area contributed by atoms with Gasteiger partial charge in [0.15, 0.2) is 4.34 Å². The van der Waals surface area contributed by atoms with Crippen molar-refractivity contribution in [3.63, 3.8) is 0 Å². The van der Waals surface area contributed by atoms with Gasteiger partial charge in [-0.15, -0.1) is 11.3 Å². The number of nitrogens with two attached hydrogens (primary N) is 1. The second-order valence-electron chi connectivity index (χ2n) is 4.01. The maximum Gasteiger partial charge on any atom is 0.269 e. The van der Waals surface area contributed by atoms with E-state index in [4.69, 9.17) is 5.73 Å². The zero-order valence-electron chi connectivity index (χ0n) is 11.1. The molecular weight excluding hydrogens is 358 g/mol. The van der Waals surface area contributed by atoms with Gasteiger partial charge in [-0.05, 0) is 40.2 Å². The number of hydrogen-bond acceptors (Lipinski definition) is 5. The van der Waals surface area contributed by atoms with Crippen molar-refractivity contribution in [2.24, 2.45) is 0 Å². The first kappa shape index (κ1) is 15.3. The van der Waals surface area contributed by atoms with Gasteiger partial charge in [0.1, 0.15) is 10.7 Å². The van der Waals surface area contributed by atoms with Crippen LogP contribution >= 0.6 is 39.0 Å². The Hall–Kier alpha value is -1.05. The predicted molar refractivity (Wildman–Crippen MR) is 89.8 cm³/mol. The highest BCUT2D eigenvalue weighted by atomic mass is 79.9. The van der Waals surface area contributed by atoms with Crippen molar-refractivity contribution in [1.29, 1.82) is 0 Å². The van der Waals surface area contributed by atoms with Crippen LogP contribution < -0.4 is 11.1 Å². The second kappa shape index (κ2) is 6.60. The molecule has 0 aliphatic carbocycles. The molecule has 0 saturated carbocycles. The van der Waals surface area contributed by atoms with E-state index in [1.54, 1.807) is 11.8 Å². The monoisotopic (exact) mass is 371 g/mol. The van der Waals surface area contributed by atoms with Gasteiger partial charge in [0.05, 0.1) is 5.69 Å². The lowest BCUT2D eigenvalue weighted by Crippen LogP contribution is -2.13. The summed E-state index contributed by atoms with van der Waals surface area (Å²) in [5, 5.41) is 2.89. The van der Waals surface area contributed by atoms with Crippen molar-refractivity contribution < 1.29 is 4.79 Å². The Morgan fingerprint density at radius 3 is 2.95 bits per heavy atom. The van der Waals surface area contributed by atoms with Crippen molar-refractivity contribution >= 4 is 56.4 Å². The van der Waals surface area contributed by atoms with Crippen LogP contribution in [0.2, 0.25) is 0 Å². The van der Waals surface area contributed by atoms with E-state index in [9.17, 15) is 4.79 Å². The molecule has 4 nitrogen and oxygen atoms in total. The predicted octanol–water partition coefficient (Wildman–Crippen LogP) is 4.16. The van der Waals surface area contributed by atoms with Crippen LogP contribution in [-0.4, -0.2) is 16.6 Å². The Kier molecular flexibility index (Phi) is 5.06. The van der Waals surface area contributed by atoms with Gasteiger partial charge in [-0.1, -0.05) is 30.8 Å². The van der Waals surface area contributed by atoms with Crippen LogP contribution in [0.1, 0.15) is 22.2 Å². The highest BCUT2D eigenvalue weighted by Crippen LogP contribution is 2.31. The van der Waals surface area contributed by atoms with Gasteiger partial charge >= 0.3 is 0 Å². The molecule has 0 aliphatic rings. The Balaban J connectivity index is 2.24. The average Bonchev–Trinajstić information content (AvgIpc) is 2.75. The molecule has 0 fully saturated rings. The molecule has 7 heteroatoms. The van der Waals surface area contributed by atoms with Crippen LogP contribution in [0.5, 0.6) is 0 Å². The number of para-hydroxylation sites is 1. The molecule has 1 aromatic heterocycles. The van der Waals surface area contributed by atoms with Crippen LogP contribution in [0.15, 0.2) is 27.0 Å². The zero-order chi connectivity index (χ0) is 14.7. The number of thiazole rings is 1. The lowest BCUT2D eigenvalue weighted by molar-refractivity contribution is 0.103. The summed E-state index contributed by atoms with van der Waals surface area (Å²) in [6, 6.07) is 5.75. The minimum Gasteiger partial charge on any atom is -0.382 e. The van der Waals surface area contributed by atoms with E-state index >= 15 is 0 Å². The molecule has 0 unspecified atom stereocenters. The maximum absolute atomic E-state index is 12.3.